The van der Waals surface area contributed by atoms with Crippen molar-refractivity contribution in [3.8, 4) is 28.6 Å². The second-order valence-corrected chi connectivity index (χ2v) is 8.08. The first-order valence-electron chi connectivity index (χ1n) is 10.9. The first-order valence-corrected chi connectivity index (χ1v) is 10.9. The summed E-state index contributed by atoms with van der Waals surface area (Å²) in [5.74, 6) is 2.25. The molecule has 6 aromatic rings. The highest BCUT2D eigenvalue weighted by Crippen LogP contribution is 2.35. The fraction of sp³-hybridized carbons (Fsp3) is 0.0345. The summed E-state index contributed by atoms with van der Waals surface area (Å²) >= 11 is 0. The Hall–Kier alpha value is -4.44. The van der Waals surface area contributed by atoms with Crippen LogP contribution < -0.4 is 4.74 Å². The van der Waals surface area contributed by atoms with E-state index in [0.29, 0.717) is 5.88 Å². The summed E-state index contributed by atoms with van der Waals surface area (Å²) in [6.07, 6.45) is 3.64. The zero-order valence-corrected chi connectivity index (χ0v) is 18.1. The van der Waals surface area contributed by atoms with Gasteiger partial charge in [-0.1, -0.05) is 54.6 Å². The van der Waals surface area contributed by atoms with E-state index in [9.17, 15) is 0 Å². The Bertz CT molecular complexity index is 1590. The number of para-hydroxylation sites is 1. The Balaban J connectivity index is 1.48. The molecule has 33 heavy (non-hydrogen) atoms. The van der Waals surface area contributed by atoms with Crippen LogP contribution in [0.15, 0.2) is 109 Å². The minimum Gasteiger partial charge on any atom is -0.439 e. The van der Waals surface area contributed by atoms with E-state index in [2.05, 4.69) is 69.1 Å². The molecule has 4 heteroatoms. The number of hydrogen-bond donors (Lipinski definition) is 0. The maximum atomic E-state index is 6.00. The van der Waals surface area contributed by atoms with Gasteiger partial charge in [-0.15, -0.1) is 0 Å². The first kappa shape index (κ1) is 19.3. The fourth-order valence-electron chi connectivity index (χ4n) is 4.26. The fourth-order valence-corrected chi connectivity index (χ4v) is 4.26. The summed E-state index contributed by atoms with van der Waals surface area (Å²) in [4.78, 5) is 8.98. The minimum atomic E-state index is 0.587. The van der Waals surface area contributed by atoms with E-state index in [4.69, 9.17) is 4.74 Å². The summed E-state index contributed by atoms with van der Waals surface area (Å²) in [5.41, 5.74) is 5.57. The predicted octanol–water partition coefficient (Wildman–Crippen LogP) is 7.34. The van der Waals surface area contributed by atoms with Crippen LogP contribution in [0, 0.1) is 6.92 Å². The Kier molecular flexibility index (Phi) is 4.62. The van der Waals surface area contributed by atoms with Gasteiger partial charge in [-0.25, -0.2) is 9.97 Å². The summed E-state index contributed by atoms with van der Waals surface area (Å²) in [6, 6.07) is 33.1. The van der Waals surface area contributed by atoms with Crippen LogP contribution in [0.2, 0.25) is 0 Å². The average molecular weight is 428 g/mol. The van der Waals surface area contributed by atoms with E-state index in [0.717, 1.165) is 39.3 Å². The molecule has 6 rings (SSSR count). The Morgan fingerprint density at radius 1 is 0.667 bits per heavy atom. The Labute approximate surface area is 191 Å². The van der Waals surface area contributed by atoms with Gasteiger partial charge in [0, 0.05) is 29.2 Å². The molecule has 0 aliphatic heterocycles. The number of benzene rings is 3. The molecule has 0 unspecified atom stereocenters. The van der Waals surface area contributed by atoms with Crippen LogP contribution in [0.4, 0.5) is 0 Å². The maximum absolute atomic E-state index is 6.00. The summed E-state index contributed by atoms with van der Waals surface area (Å²) < 4.78 is 8.22. The molecule has 4 nitrogen and oxygen atoms in total. The molecule has 0 saturated carbocycles. The number of nitrogens with zero attached hydrogens (tertiary/aromatic N) is 3. The maximum Gasteiger partial charge on any atom is 0.219 e. The number of aromatic nitrogens is 3. The molecule has 0 amide bonds. The van der Waals surface area contributed by atoms with Crippen molar-refractivity contribution >= 4 is 21.8 Å². The van der Waals surface area contributed by atoms with Gasteiger partial charge >= 0.3 is 0 Å². The van der Waals surface area contributed by atoms with Gasteiger partial charge in [0.15, 0.2) is 0 Å². The molecule has 0 fully saturated rings. The second-order valence-electron chi connectivity index (χ2n) is 8.08. The van der Waals surface area contributed by atoms with Crippen LogP contribution in [0.25, 0.3) is 38.8 Å². The second kappa shape index (κ2) is 7.92. The molecular formula is C29H21N3O. The molecule has 158 valence electrons. The van der Waals surface area contributed by atoms with Gasteiger partial charge < -0.3 is 4.74 Å². The SMILES string of the molecule is Cc1ccc(Oc2cccc(-c3ccc4c5ccccc5n(-c5ccccn5)c4c3)c2)nc1. The van der Waals surface area contributed by atoms with E-state index >= 15 is 0 Å². The van der Waals surface area contributed by atoms with E-state index in [1.807, 2.05) is 61.8 Å². The number of aryl methyl sites for hydroxylation is 1. The van der Waals surface area contributed by atoms with Gasteiger partial charge in [0.25, 0.3) is 0 Å². The van der Waals surface area contributed by atoms with Gasteiger partial charge in [-0.2, -0.15) is 0 Å². The van der Waals surface area contributed by atoms with Crippen LogP contribution in [-0.2, 0) is 0 Å². The molecule has 0 radical (unpaired) electrons. The molecule has 0 N–H and O–H groups in total. The van der Waals surface area contributed by atoms with Crippen LogP contribution in [0.5, 0.6) is 11.6 Å². The van der Waals surface area contributed by atoms with Crippen molar-refractivity contribution < 1.29 is 4.74 Å². The molecule has 3 heterocycles. The third-order valence-corrected chi connectivity index (χ3v) is 5.83. The van der Waals surface area contributed by atoms with Crippen molar-refractivity contribution in [3.05, 3.63) is 115 Å². The number of fused-ring (bicyclic) bond motifs is 3. The molecule has 0 bridgehead atoms. The van der Waals surface area contributed by atoms with Crippen molar-refractivity contribution in [3.63, 3.8) is 0 Å². The summed E-state index contributed by atoms with van der Waals surface area (Å²) in [7, 11) is 0. The lowest BCUT2D eigenvalue weighted by atomic mass is 10.0. The molecule has 0 saturated heterocycles. The van der Waals surface area contributed by atoms with Gasteiger partial charge in [0.05, 0.1) is 11.0 Å². The highest BCUT2D eigenvalue weighted by molar-refractivity contribution is 6.10. The third-order valence-electron chi connectivity index (χ3n) is 5.83. The van der Waals surface area contributed by atoms with Crippen molar-refractivity contribution in [2.75, 3.05) is 0 Å². The Morgan fingerprint density at radius 2 is 1.52 bits per heavy atom. The average Bonchev–Trinajstić information content (AvgIpc) is 3.20. The van der Waals surface area contributed by atoms with E-state index in [-0.39, 0.29) is 0 Å². The molecular weight excluding hydrogens is 406 g/mol. The summed E-state index contributed by atoms with van der Waals surface area (Å²) in [6.45, 7) is 2.01. The molecule has 0 aliphatic carbocycles. The molecule has 3 aromatic heterocycles. The van der Waals surface area contributed by atoms with E-state index < -0.39 is 0 Å². The minimum absolute atomic E-state index is 0.587. The van der Waals surface area contributed by atoms with Gasteiger partial charge in [-0.3, -0.25) is 4.57 Å². The number of rotatable bonds is 4. The first-order chi connectivity index (χ1) is 16.3. The quantitative estimate of drug-likeness (QED) is 0.295. The van der Waals surface area contributed by atoms with Crippen LogP contribution >= 0.6 is 0 Å². The normalized spacial score (nSPS) is 11.2. The summed E-state index contributed by atoms with van der Waals surface area (Å²) in [5, 5.41) is 2.42. The van der Waals surface area contributed by atoms with Crippen LogP contribution in [-0.4, -0.2) is 14.5 Å². The number of ether oxygens (including phenoxy) is 1. The molecule has 0 atom stereocenters. The molecule has 3 aromatic carbocycles. The Morgan fingerprint density at radius 3 is 2.36 bits per heavy atom. The van der Waals surface area contributed by atoms with Crippen LogP contribution in [0.1, 0.15) is 5.56 Å². The lowest BCUT2D eigenvalue weighted by Crippen LogP contribution is -1.96. The van der Waals surface area contributed by atoms with E-state index in [1.54, 1.807) is 0 Å². The van der Waals surface area contributed by atoms with Gasteiger partial charge in [-0.05, 0) is 60.0 Å². The smallest absolute Gasteiger partial charge is 0.219 e. The van der Waals surface area contributed by atoms with Gasteiger partial charge in [0.1, 0.15) is 11.6 Å². The number of hydrogen-bond acceptors (Lipinski definition) is 3. The predicted molar refractivity (Wildman–Crippen MR) is 133 cm³/mol. The van der Waals surface area contributed by atoms with Crippen molar-refractivity contribution in [1.29, 1.82) is 0 Å². The zero-order chi connectivity index (χ0) is 22.2. The van der Waals surface area contributed by atoms with Crippen molar-refractivity contribution in [2.24, 2.45) is 0 Å². The zero-order valence-electron chi connectivity index (χ0n) is 18.1. The van der Waals surface area contributed by atoms with Gasteiger partial charge in [0.2, 0.25) is 5.88 Å². The monoisotopic (exact) mass is 427 g/mol. The number of pyridine rings is 2. The highest BCUT2D eigenvalue weighted by Gasteiger charge is 2.13. The molecule has 0 spiro atoms. The van der Waals surface area contributed by atoms with Crippen molar-refractivity contribution in [1.82, 2.24) is 14.5 Å². The molecule has 0 aliphatic rings. The van der Waals surface area contributed by atoms with E-state index in [1.165, 1.54) is 10.8 Å². The van der Waals surface area contributed by atoms with Crippen molar-refractivity contribution in [2.45, 2.75) is 6.92 Å². The lowest BCUT2D eigenvalue weighted by Gasteiger charge is -2.09. The lowest BCUT2D eigenvalue weighted by molar-refractivity contribution is 0.463. The highest BCUT2D eigenvalue weighted by atomic mass is 16.5. The van der Waals surface area contributed by atoms with Crippen LogP contribution in [0.3, 0.4) is 0 Å². The standard InChI is InChI=1S/C29H21N3O/c1-20-12-15-29(31-19-20)33-23-8-6-7-21(17-23)22-13-14-25-24-9-2-3-10-26(24)32(27(25)18-22)28-11-4-5-16-30-28/h2-19H,1H3. The topological polar surface area (TPSA) is 39.9 Å². The third kappa shape index (κ3) is 3.52. The largest absolute Gasteiger partial charge is 0.439 e.